The van der Waals surface area contributed by atoms with Crippen LogP contribution in [0.15, 0.2) is 12.1 Å². The van der Waals surface area contributed by atoms with Crippen LogP contribution in [0.25, 0.3) is 0 Å². The molecule has 1 heterocycles. The van der Waals surface area contributed by atoms with Crippen LogP contribution in [0.1, 0.15) is 48.1 Å². The highest BCUT2D eigenvalue weighted by Gasteiger charge is 2.30. The molecule has 0 aromatic heterocycles. The Hall–Kier alpha value is -0.870. The third kappa shape index (κ3) is 4.07. The minimum Gasteiger partial charge on any atom is -0.310 e. The molecule has 1 saturated heterocycles. The van der Waals surface area contributed by atoms with Crippen molar-refractivity contribution in [1.29, 1.82) is 0 Å². The predicted octanol–water partition coefficient (Wildman–Crippen LogP) is 3.09. The lowest BCUT2D eigenvalue weighted by Crippen LogP contribution is -2.25. The highest BCUT2D eigenvalue weighted by atomic mass is 32.2. The molecule has 21 heavy (non-hydrogen) atoms. The molecule has 1 N–H and O–H groups in total. The van der Waals surface area contributed by atoms with Crippen LogP contribution in [0.3, 0.4) is 0 Å². The van der Waals surface area contributed by atoms with Crippen LogP contribution in [0.5, 0.6) is 0 Å². The van der Waals surface area contributed by atoms with Gasteiger partial charge in [0.15, 0.2) is 9.84 Å². The van der Waals surface area contributed by atoms with Gasteiger partial charge in [-0.05, 0) is 68.3 Å². The topological polar surface area (TPSA) is 46.2 Å². The van der Waals surface area contributed by atoms with Crippen LogP contribution in [-0.4, -0.2) is 26.5 Å². The number of sulfone groups is 1. The van der Waals surface area contributed by atoms with E-state index < -0.39 is 9.84 Å². The lowest BCUT2D eigenvalue weighted by molar-refractivity contribution is 0.420. The van der Waals surface area contributed by atoms with E-state index in [1.165, 1.54) is 22.3 Å². The Kier molecular flexibility index (Phi) is 5.10. The summed E-state index contributed by atoms with van der Waals surface area (Å²) in [4.78, 5) is 0. The van der Waals surface area contributed by atoms with Crippen LogP contribution in [-0.2, 0) is 9.84 Å². The Bertz CT molecular complexity index is 607. The summed E-state index contributed by atoms with van der Waals surface area (Å²) in [5.41, 5.74) is 5.24. The predicted molar refractivity (Wildman–Crippen MR) is 88.4 cm³/mol. The summed E-state index contributed by atoms with van der Waals surface area (Å²) < 4.78 is 23.3. The maximum atomic E-state index is 11.7. The average Bonchev–Trinajstić information content (AvgIpc) is 2.73. The van der Waals surface area contributed by atoms with E-state index in [2.05, 4.69) is 45.1 Å². The van der Waals surface area contributed by atoms with Crippen molar-refractivity contribution >= 4 is 9.84 Å². The molecular weight excluding hydrogens is 282 g/mol. The molecule has 1 aliphatic rings. The molecule has 1 aromatic carbocycles. The van der Waals surface area contributed by atoms with Crippen molar-refractivity contribution < 1.29 is 8.42 Å². The van der Waals surface area contributed by atoms with E-state index in [9.17, 15) is 8.42 Å². The molecule has 0 radical (unpaired) electrons. The molecule has 1 aromatic rings. The summed E-state index contributed by atoms with van der Waals surface area (Å²) in [6.07, 6.45) is 1.73. The van der Waals surface area contributed by atoms with Crippen LogP contribution in [0.4, 0.5) is 0 Å². The molecule has 3 nitrogen and oxygen atoms in total. The van der Waals surface area contributed by atoms with Gasteiger partial charge in [-0.1, -0.05) is 19.1 Å². The van der Waals surface area contributed by atoms with Crippen molar-refractivity contribution in [3.63, 3.8) is 0 Å². The summed E-state index contributed by atoms with van der Waals surface area (Å²) in [6, 6.07) is 4.76. The first kappa shape index (κ1) is 16.5. The molecule has 0 saturated carbocycles. The molecule has 0 bridgehead atoms. The van der Waals surface area contributed by atoms with Gasteiger partial charge in [0.05, 0.1) is 11.5 Å². The molecule has 2 atom stereocenters. The van der Waals surface area contributed by atoms with Crippen LogP contribution in [0, 0.1) is 26.7 Å². The maximum Gasteiger partial charge on any atom is 0.150 e. The Morgan fingerprint density at radius 2 is 1.86 bits per heavy atom. The SMILES string of the molecule is CCNC(CC1CCS(=O)(=O)C1)c1cc(C)c(C)cc1C. The van der Waals surface area contributed by atoms with Crippen molar-refractivity contribution in [1.82, 2.24) is 5.32 Å². The van der Waals surface area contributed by atoms with Crippen molar-refractivity contribution in [3.8, 4) is 0 Å². The second kappa shape index (κ2) is 6.49. The monoisotopic (exact) mass is 309 g/mol. The van der Waals surface area contributed by atoms with E-state index in [4.69, 9.17) is 0 Å². The second-order valence-electron chi connectivity index (χ2n) is 6.41. The summed E-state index contributed by atoms with van der Waals surface area (Å²) in [5, 5.41) is 3.55. The average molecular weight is 309 g/mol. The molecule has 4 heteroatoms. The van der Waals surface area contributed by atoms with E-state index in [-0.39, 0.29) is 6.04 Å². The molecule has 1 fully saturated rings. The van der Waals surface area contributed by atoms with Gasteiger partial charge in [-0.25, -0.2) is 8.42 Å². The zero-order valence-corrected chi connectivity index (χ0v) is 14.4. The van der Waals surface area contributed by atoms with Gasteiger partial charge >= 0.3 is 0 Å². The van der Waals surface area contributed by atoms with Crippen molar-refractivity contribution in [2.75, 3.05) is 18.1 Å². The lowest BCUT2D eigenvalue weighted by Gasteiger charge is -2.24. The van der Waals surface area contributed by atoms with E-state index in [0.717, 1.165) is 19.4 Å². The van der Waals surface area contributed by atoms with Crippen molar-refractivity contribution in [3.05, 3.63) is 34.4 Å². The van der Waals surface area contributed by atoms with Gasteiger partial charge in [-0.15, -0.1) is 0 Å². The molecule has 0 amide bonds. The number of benzene rings is 1. The molecule has 2 rings (SSSR count). The van der Waals surface area contributed by atoms with Gasteiger partial charge in [0.2, 0.25) is 0 Å². The van der Waals surface area contributed by atoms with Gasteiger partial charge in [-0.3, -0.25) is 0 Å². The third-order valence-electron chi connectivity index (χ3n) is 4.60. The van der Waals surface area contributed by atoms with Crippen LogP contribution >= 0.6 is 0 Å². The number of aryl methyl sites for hydroxylation is 3. The molecule has 1 aliphatic heterocycles. The normalized spacial score (nSPS) is 22.4. The van der Waals surface area contributed by atoms with Crippen molar-refractivity contribution in [2.45, 2.75) is 46.6 Å². The summed E-state index contributed by atoms with van der Waals surface area (Å²) >= 11 is 0. The first-order chi connectivity index (χ1) is 9.82. The minimum absolute atomic E-state index is 0.257. The van der Waals surface area contributed by atoms with Crippen LogP contribution in [0.2, 0.25) is 0 Å². The molecule has 0 aliphatic carbocycles. The van der Waals surface area contributed by atoms with E-state index in [1.54, 1.807) is 0 Å². The van der Waals surface area contributed by atoms with Gasteiger partial charge in [0.25, 0.3) is 0 Å². The number of nitrogens with one attached hydrogen (secondary N) is 1. The Morgan fingerprint density at radius 3 is 2.43 bits per heavy atom. The fourth-order valence-electron chi connectivity index (χ4n) is 3.32. The Morgan fingerprint density at radius 1 is 1.19 bits per heavy atom. The van der Waals surface area contributed by atoms with Crippen LogP contribution < -0.4 is 5.32 Å². The Balaban J connectivity index is 2.21. The molecular formula is C17H27NO2S. The highest BCUT2D eigenvalue weighted by Crippen LogP contribution is 2.31. The third-order valence-corrected chi connectivity index (χ3v) is 6.44. The van der Waals surface area contributed by atoms with E-state index in [1.807, 2.05) is 0 Å². The molecule has 0 spiro atoms. The van der Waals surface area contributed by atoms with Gasteiger partial charge in [0, 0.05) is 6.04 Å². The summed E-state index contributed by atoms with van der Waals surface area (Å²) in [5.74, 6) is 1.02. The van der Waals surface area contributed by atoms with Gasteiger partial charge in [-0.2, -0.15) is 0 Å². The first-order valence-electron chi connectivity index (χ1n) is 7.84. The number of rotatable bonds is 5. The zero-order chi connectivity index (χ0) is 15.6. The summed E-state index contributed by atoms with van der Waals surface area (Å²) in [7, 11) is -2.79. The molecule has 2 unspecified atom stereocenters. The van der Waals surface area contributed by atoms with Gasteiger partial charge < -0.3 is 5.32 Å². The fraction of sp³-hybridized carbons (Fsp3) is 0.647. The summed E-state index contributed by atoms with van der Waals surface area (Å²) in [6.45, 7) is 9.43. The quantitative estimate of drug-likeness (QED) is 0.909. The lowest BCUT2D eigenvalue weighted by atomic mass is 9.89. The Labute approximate surface area is 129 Å². The fourth-order valence-corrected chi connectivity index (χ4v) is 5.20. The number of hydrogen-bond acceptors (Lipinski definition) is 3. The van der Waals surface area contributed by atoms with E-state index in [0.29, 0.717) is 17.4 Å². The number of hydrogen-bond donors (Lipinski definition) is 1. The second-order valence-corrected chi connectivity index (χ2v) is 8.64. The standard InChI is InChI=1S/C17H27NO2S/c1-5-18-17(10-15-6-7-21(19,20)11-15)16-9-13(3)12(2)8-14(16)4/h8-9,15,17-18H,5-7,10-11H2,1-4H3. The van der Waals surface area contributed by atoms with Crippen molar-refractivity contribution in [2.24, 2.45) is 5.92 Å². The van der Waals surface area contributed by atoms with Gasteiger partial charge in [0.1, 0.15) is 0 Å². The minimum atomic E-state index is -2.79. The highest BCUT2D eigenvalue weighted by molar-refractivity contribution is 7.91. The zero-order valence-electron chi connectivity index (χ0n) is 13.6. The maximum absolute atomic E-state index is 11.7. The van der Waals surface area contributed by atoms with E-state index >= 15 is 0 Å². The molecule has 118 valence electrons. The smallest absolute Gasteiger partial charge is 0.150 e. The first-order valence-corrected chi connectivity index (χ1v) is 9.66. The largest absolute Gasteiger partial charge is 0.310 e.